The molecule has 3 nitrogen and oxygen atoms in total. The molecule has 0 radical (unpaired) electrons. The number of benzene rings is 1. The van der Waals surface area contributed by atoms with Gasteiger partial charge in [-0.25, -0.2) is 4.98 Å². The molecule has 1 aromatic heterocycles. The van der Waals surface area contributed by atoms with Gasteiger partial charge in [-0.1, -0.05) is 30.7 Å². The fourth-order valence-corrected chi connectivity index (χ4v) is 2.99. The summed E-state index contributed by atoms with van der Waals surface area (Å²) in [7, 11) is 0. The number of aromatic nitrogens is 1. The van der Waals surface area contributed by atoms with Crippen LogP contribution in [0.5, 0.6) is 0 Å². The van der Waals surface area contributed by atoms with E-state index >= 15 is 0 Å². The highest BCUT2D eigenvalue weighted by Crippen LogP contribution is 2.32. The Balaban J connectivity index is 1.78. The van der Waals surface area contributed by atoms with Gasteiger partial charge in [0.1, 0.15) is 11.5 Å². The van der Waals surface area contributed by atoms with Crippen LogP contribution < -0.4 is 5.32 Å². The van der Waals surface area contributed by atoms with Crippen LogP contribution in [-0.4, -0.2) is 36.1 Å². The smallest absolute Gasteiger partial charge is 0.368 e. The van der Waals surface area contributed by atoms with E-state index in [-0.39, 0.29) is 0 Å². The number of fused-ring (bicyclic) bond motifs is 1. The van der Waals surface area contributed by atoms with Crippen molar-refractivity contribution >= 4 is 16.6 Å². The van der Waals surface area contributed by atoms with Crippen molar-refractivity contribution in [3.8, 4) is 0 Å². The summed E-state index contributed by atoms with van der Waals surface area (Å²) >= 11 is 0. The summed E-state index contributed by atoms with van der Waals surface area (Å²) in [5, 5.41) is 4.37. The Labute approximate surface area is 133 Å². The maximum atomic E-state index is 13.0. The zero-order chi connectivity index (χ0) is 16.3. The summed E-state index contributed by atoms with van der Waals surface area (Å²) in [5.74, 6) is 0.312. The molecule has 124 valence electrons. The zero-order valence-electron chi connectivity index (χ0n) is 12.9. The molecule has 0 aliphatic carbocycles. The second-order valence-electron chi connectivity index (χ2n) is 5.90. The van der Waals surface area contributed by atoms with Crippen molar-refractivity contribution in [1.82, 2.24) is 9.88 Å². The number of piperidine rings is 1. The molecule has 0 saturated carbocycles. The van der Waals surface area contributed by atoms with Gasteiger partial charge >= 0.3 is 6.18 Å². The first-order valence-corrected chi connectivity index (χ1v) is 7.97. The quantitative estimate of drug-likeness (QED) is 0.916. The molecule has 0 bridgehead atoms. The first kappa shape index (κ1) is 16.1. The summed E-state index contributed by atoms with van der Waals surface area (Å²) in [6.45, 7) is 3.56. The van der Waals surface area contributed by atoms with E-state index in [1.807, 2.05) is 6.07 Å². The fraction of sp³-hybridized carbons (Fsp3) is 0.471. The summed E-state index contributed by atoms with van der Waals surface area (Å²) in [6, 6.07) is 8.13. The van der Waals surface area contributed by atoms with Crippen LogP contribution in [0, 0.1) is 0 Å². The van der Waals surface area contributed by atoms with Gasteiger partial charge in [0.15, 0.2) is 0 Å². The molecular weight excluding hydrogens is 303 g/mol. The fourth-order valence-electron chi connectivity index (χ4n) is 2.99. The molecule has 0 spiro atoms. The van der Waals surface area contributed by atoms with E-state index in [0.717, 1.165) is 31.1 Å². The molecule has 2 heterocycles. The third kappa shape index (κ3) is 3.93. The molecule has 3 rings (SSSR count). The minimum absolute atomic E-state index is 0.312. The van der Waals surface area contributed by atoms with Crippen molar-refractivity contribution in [1.29, 1.82) is 0 Å². The number of anilines is 1. The Kier molecular flexibility index (Phi) is 4.71. The molecule has 1 aliphatic heterocycles. The van der Waals surface area contributed by atoms with Crippen molar-refractivity contribution < 1.29 is 13.2 Å². The lowest BCUT2D eigenvalue weighted by Crippen LogP contribution is -2.33. The minimum atomic E-state index is -4.44. The van der Waals surface area contributed by atoms with E-state index in [0.29, 0.717) is 17.7 Å². The molecule has 1 fully saturated rings. The van der Waals surface area contributed by atoms with Gasteiger partial charge in [0.25, 0.3) is 0 Å². The van der Waals surface area contributed by atoms with Crippen molar-refractivity contribution in [3.63, 3.8) is 0 Å². The number of nitrogens with zero attached hydrogens (tertiary/aromatic N) is 2. The molecule has 2 aromatic rings. The molecule has 0 atom stereocenters. The van der Waals surface area contributed by atoms with Crippen molar-refractivity contribution in [2.75, 3.05) is 31.5 Å². The number of halogens is 3. The maximum absolute atomic E-state index is 13.0. The summed E-state index contributed by atoms with van der Waals surface area (Å²) in [5.41, 5.74) is -0.850. The molecule has 0 unspecified atom stereocenters. The SMILES string of the molecule is FC(F)(F)c1cc2ccccc2c(NCCN2CCCCC2)n1. The Bertz CT molecular complexity index is 664. The van der Waals surface area contributed by atoms with Gasteiger partial charge < -0.3 is 10.2 Å². The van der Waals surface area contributed by atoms with E-state index in [1.54, 1.807) is 18.2 Å². The highest BCUT2D eigenvalue weighted by Gasteiger charge is 2.33. The van der Waals surface area contributed by atoms with E-state index < -0.39 is 11.9 Å². The first-order valence-electron chi connectivity index (χ1n) is 7.97. The molecule has 23 heavy (non-hydrogen) atoms. The van der Waals surface area contributed by atoms with Crippen LogP contribution >= 0.6 is 0 Å². The monoisotopic (exact) mass is 323 g/mol. The Morgan fingerprint density at radius 3 is 2.57 bits per heavy atom. The molecule has 1 aliphatic rings. The van der Waals surface area contributed by atoms with Crippen LogP contribution in [0.4, 0.5) is 19.0 Å². The maximum Gasteiger partial charge on any atom is 0.433 e. The predicted octanol–water partition coefficient (Wildman–Crippen LogP) is 4.15. The minimum Gasteiger partial charge on any atom is -0.368 e. The lowest BCUT2D eigenvalue weighted by molar-refractivity contribution is -0.140. The van der Waals surface area contributed by atoms with Crippen LogP contribution in [0.2, 0.25) is 0 Å². The number of hydrogen-bond acceptors (Lipinski definition) is 3. The summed E-state index contributed by atoms with van der Waals surface area (Å²) in [4.78, 5) is 6.14. The highest BCUT2D eigenvalue weighted by atomic mass is 19.4. The largest absolute Gasteiger partial charge is 0.433 e. The topological polar surface area (TPSA) is 28.2 Å². The van der Waals surface area contributed by atoms with Crippen LogP contribution in [0.3, 0.4) is 0 Å². The van der Waals surface area contributed by atoms with Gasteiger partial charge in [-0.15, -0.1) is 0 Å². The third-order valence-corrected chi connectivity index (χ3v) is 4.20. The Hall–Kier alpha value is -1.82. The van der Waals surface area contributed by atoms with E-state index in [1.165, 1.54) is 19.3 Å². The number of alkyl halides is 3. The number of likely N-dealkylation sites (tertiary alicyclic amines) is 1. The van der Waals surface area contributed by atoms with Gasteiger partial charge in [-0.2, -0.15) is 13.2 Å². The normalized spacial score (nSPS) is 16.7. The lowest BCUT2D eigenvalue weighted by Gasteiger charge is -2.26. The molecule has 1 aromatic carbocycles. The van der Waals surface area contributed by atoms with Crippen molar-refractivity contribution in [2.45, 2.75) is 25.4 Å². The van der Waals surface area contributed by atoms with Gasteiger partial charge in [0.05, 0.1) is 0 Å². The third-order valence-electron chi connectivity index (χ3n) is 4.20. The first-order chi connectivity index (χ1) is 11.0. The Morgan fingerprint density at radius 1 is 1.09 bits per heavy atom. The van der Waals surface area contributed by atoms with Gasteiger partial charge in [-0.05, 0) is 37.4 Å². The number of rotatable bonds is 4. The number of pyridine rings is 1. The van der Waals surface area contributed by atoms with E-state index in [4.69, 9.17) is 0 Å². The van der Waals surface area contributed by atoms with Crippen molar-refractivity contribution in [2.24, 2.45) is 0 Å². The summed E-state index contributed by atoms with van der Waals surface area (Å²) in [6.07, 6.45) is -0.771. The average Bonchev–Trinajstić information content (AvgIpc) is 2.55. The predicted molar refractivity (Wildman–Crippen MR) is 85.5 cm³/mol. The molecule has 1 saturated heterocycles. The van der Waals surface area contributed by atoms with Crippen LogP contribution in [0.15, 0.2) is 30.3 Å². The van der Waals surface area contributed by atoms with E-state index in [9.17, 15) is 13.2 Å². The van der Waals surface area contributed by atoms with Crippen LogP contribution in [0.25, 0.3) is 10.8 Å². The van der Waals surface area contributed by atoms with Crippen LogP contribution in [0.1, 0.15) is 25.0 Å². The molecular formula is C17H20F3N3. The standard InChI is InChI=1S/C17H20F3N3/c18-17(19,20)15-12-13-6-2-3-7-14(13)16(22-15)21-8-11-23-9-4-1-5-10-23/h2-3,6-7,12H,1,4-5,8-11H2,(H,21,22). The van der Waals surface area contributed by atoms with Crippen molar-refractivity contribution in [3.05, 3.63) is 36.0 Å². The number of hydrogen-bond donors (Lipinski definition) is 1. The Morgan fingerprint density at radius 2 is 1.83 bits per heavy atom. The average molecular weight is 323 g/mol. The van der Waals surface area contributed by atoms with E-state index in [2.05, 4.69) is 15.2 Å². The van der Waals surface area contributed by atoms with Crippen LogP contribution in [-0.2, 0) is 6.18 Å². The summed E-state index contributed by atoms with van der Waals surface area (Å²) < 4.78 is 39.0. The number of nitrogens with one attached hydrogen (secondary N) is 1. The zero-order valence-corrected chi connectivity index (χ0v) is 12.9. The van der Waals surface area contributed by atoms with Gasteiger partial charge in [-0.3, -0.25) is 0 Å². The lowest BCUT2D eigenvalue weighted by atomic mass is 10.1. The second-order valence-corrected chi connectivity index (χ2v) is 5.90. The second kappa shape index (κ2) is 6.74. The molecule has 6 heteroatoms. The molecule has 0 amide bonds. The van der Waals surface area contributed by atoms with Gasteiger partial charge in [0.2, 0.25) is 0 Å². The molecule has 1 N–H and O–H groups in total. The highest BCUT2D eigenvalue weighted by molar-refractivity contribution is 5.92. The van der Waals surface area contributed by atoms with Gasteiger partial charge in [0, 0.05) is 18.5 Å².